The van der Waals surface area contributed by atoms with Crippen LogP contribution >= 0.6 is 0 Å². The van der Waals surface area contributed by atoms with E-state index in [1.54, 1.807) is 0 Å². The van der Waals surface area contributed by atoms with Gasteiger partial charge in [0.2, 0.25) is 0 Å². The Morgan fingerprint density at radius 2 is 1.24 bits per heavy atom. The van der Waals surface area contributed by atoms with Crippen LogP contribution in [0, 0.1) is 0 Å². The van der Waals surface area contributed by atoms with Crippen molar-refractivity contribution in [1.82, 2.24) is 0 Å². The summed E-state index contributed by atoms with van der Waals surface area (Å²) in [5.41, 5.74) is -2.49. The van der Waals surface area contributed by atoms with Crippen molar-refractivity contribution < 1.29 is 76.0 Å². The highest BCUT2D eigenvalue weighted by atomic mass is 19.4. The Hall–Kier alpha value is -3.96. The summed E-state index contributed by atoms with van der Waals surface area (Å²) in [6.45, 7) is -2.14. The zero-order valence-electron chi connectivity index (χ0n) is 22.0. The predicted octanol–water partition coefficient (Wildman–Crippen LogP) is 8.93. The number of nitrogens with zero attached hydrogens (tertiary/aromatic N) is 1. The molecule has 0 radical (unpaired) electrons. The zero-order chi connectivity index (χ0) is 34.0. The lowest BCUT2D eigenvalue weighted by Gasteiger charge is -2.30. The SMILES string of the molecule is OC(CN(Cc1cccc(C(F)(F)C(F)(F)C(F)(F)F)c1)c1cccc(Oc2cccc(OC(F)(F)C(F)F)c2)c1)C(F)(F)F. The van der Waals surface area contributed by atoms with Crippen LogP contribution in [0.5, 0.6) is 17.2 Å². The van der Waals surface area contributed by atoms with Gasteiger partial charge in [0.25, 0.3) is 0 Å². The van der Waals surface area contributed by atoms with E-state index < -0.39 is 72.8 Å². The van der Waals surface area contributed by atoms with Crippen LogP contribution < -0.4 is 14.4 Å². The second kappa shape index (κ2) is 12.8. The molecule has 0 saturated heterocycles. The van der Waals surface area contributed by atoms with Crippen molar-refractivity contribution in [2.45, 2.75) is 49.4 Å². The van der Waals surface area contributed by atoms with E-state index in [-0.39, 0.29) is 29.3 Å². The molecule has 0 bridgehead atoms. The number of alkyl halides is 14. The zero-order valence-corrected chi connectivity index (χ0v) is 22.0. The first kappa shape index (κ1) is 35.5. The molecule has 1 atom stereocenters. The van der Waals surface area contributed by atoms with Gasteiger partial charge in [0.1, 0.15) is 17.2 Å². The molecular formula is C27H19F14NO3. The molecule has 3 aromatic carbocycles. The van der Waals surface area contributed by atoms with Crippen LogP contribution in [0.4, 0.5) is 67.2 Å². The minimum Gasteiger partial charge on any atom is -0.457 e. The van der Waals surface area contributed by atoms with E-state index in [9.17, 15) is 66.6 Å². The first-order chi connectivity index (χ1) is 20.5. The number of aliphatic hydroxyl groups is 1. The highest BCUT2D eigenvalue weighted by molar-refractivity contribution is 5.52. The van der Waals surface area contributed by atoms with Crippen molar-refractivity contribution in [2.24, 2.45) is 0 Å². The van der Waals surface area contributed by atoms with E-state index in [1.807, 2.05) is 0 Å². The van der Waals surface area contributed by atoms with Crippen molar-refractivity contribution in [3.05, 3.63) is 83.9 Å². The van der Waals surface area contributed by atoms with E-state index in [0.717, 1.165) is 42.5 Å². The number of aliphatic hydroxyl groups excluding tert-OH is 1. The summed E-state index contributed by atoms with van der Waals surface area (Å²) >= 11 is 0. The fraction of sp³-hybridized carbons (Fsp3) is 0.333. The van der Waals surface area contributed by atoms with Crippen molar-refractivity contribution >= 4 is 5.69 Å². The maximum atomic E-state index is 14.3. The lowest BCUT2D eigenvalue weighted by molar-refractivity contribution is -0.359. The third kappa shape index (κ3) is 8.40. The Morgan fingerprint density at radius 1 is 0.689 bits per heavy atom. The number of rotatable bonds is 12. The number of hydrogen-bond donors (Lipinski definition) is 1. The summed E-state index contributed by atoms with van der Waals surface area (Å²) in [6, 6.07) is 10.5. The summed E-state index contributed by atoms with van der Waals surface area (Å²) < 4.78 is 194. The van der Waals surface area contributed by atoms with Crippen molar-refractivity contribution in [3.8, 4) is 17.2 Å². The molecule has 0 heterocycles. The summed E-state index contributed by atoms with van der Waals surface area (Å²) in [5.74, 6) is -13.5. The van der Waals surface area contributed by atoms with Crippen molar-refractivity contribution in [3.63, 3.8) is 0 Å². The summed E-state index contributed by atoms with van der Waals surface area (Å²) in [7, 11) is 0. The lowest BCUT2D eigenvalue weighted by Crippen LogP contribution is -2.50. The maximum Gasteiger partial charge on any atom is 0.461 e. The molecule has 0 aromatic heterocycles. The highest BCUT2D eigenvalue weighted by Crippen LogP contribution is 2.51. The average molecular weight is 671 g/mol. The van der Waals surface area contributed by atoms with Gasteiger partial charge in [-0.3, -0.25) is 0 Å². The normalized spacial score (nSPS) is 14.0. The molecule has 3 aromatic rings. The third-order valence-corrected chi connectivity index (χ3v) is 5.92. The second-order valence-electron chi connectivity index (χ2n) is 9.32. The molecule has 18 heteroatoms. The van der Waals surface area contributed by atoms with E-state index in [2.05, 4.69) is 4.74 Å². The van der Waals surface area contributed by atoms with Crippen LogP contribution in [0.2, 0.25) is 0 Å². The largest absolute Gasteiger partial charge is 0.461 e. The topological polar surface area (TPSA) is 41.9 Å². The van der Waals surface area contributed by atoms with E-state index in [1.165, 1.54) is 12.1 Å². The number of hydrogen-bond acceptors (Lipinski definition) is 4. The Bertz CT molecular complexity index is 1440. The van der Waals surface area contributed by atoms with Gasteiger partial charge in [-0.1, -0.05) is 30.3 Å². The fourth-order valence-electron chi connectivity index (χ4n) is 3.70. The molecule has 3 rings (SSSR count). The molecule has 248 valence electrons. The van der Waals surface area contributed by atoms with Crippen LogP contribution in [0.3, 0.4) is 0 Å². The maximum absolute atomic E-state index is 14.3. The molecule has 1 N–H and O–H groups in total. The van der Waals surface area contributed by atoms with Gasteiger partial charge in [-0.25, -0.2) is 0 Å². The van der Waals surface area contributed by atoms with Gasteiger partial charge >= 0.3 is 36.7 Å². The van der Waals surface area contributed by atoms with Crippen molar-refractivity contribution in [2.75, 3.05) is 11.4 Å². The lowest BCUT2D eigenvalue weighted by atomic mass is 9.99. The molecule has 0 amide bonds. The van der Waals surface area contributed by atoms with Gasteiger partial charge in [0.05, 0.1) is 6.54 Å². The van der Waals surface area contributed by atoms with E-state index >= 15 is 0 Å². The molecule has 0 aliphatic heterocycles. The molecule has 0 fully saturated rings. The van der Waals surface area contributed by atoms with Gasteiger partial charge in [-0.2, -0.15) is 61.5 Å². The highest BCUT2D eigenvalue weighted by Gasteiger charge is 2.73. The smallest absolute Gasteiger partial charge is 0.457 e. The Labute approximate surface area is 244 Å². The molecule has 0 saturated carbocycles. The Morgan fingerprint density at radius 3 is 1.82 bits per heavy atom. The molecule has 0 spiro atoms. The molecule has 45 heavy (non-hydrogen) atoms. The first-order valence-corrected chi connectivity index (χ1v) is 12.2. The molecule has 0 aliphatic rings. The van der Waals surface area contributed by atoms with Crippen molar-refractivity contribution in [1.29, 1.82) is 0 Å². The minimum atomic E-state index is -6.65. The van der Waals surface area contributed by atoms with Crippen LogP contribution in [-0.2, 0) is 12.5 Å². The minimum absolute atomic E-state index is 0.220. The quantitative estimate of drug-likeness (QED) is 0.195. The number of ether oxygens (including phenoxy) is 2. The van der Waals surface area contributed by atoms with Gasteiger partial charge in [0, 0.05) is 29.9 Å². The number of anilines is 1. The summed E-state index contributed by atoms with van der Waals surface area (Å²) in [4.78, 5) is 0.715. The fourth-order valence-corrected chi connectivity index (χ4v) is 3.70. The first-order valence-electron chi connectivity index (χ1n) is 12.2. The summed E-state index contributed by atoms with van der Waals surface area (Å²) in [5, 5.41) is 9.67. The van der Waals surface area contributed by atoms with Crippen LogP contribution in [0.1, 0.15) is 11.1 Å². The number of halogens is 14. The van der Waals surface area contributed by atoms with Crippen LogP contribution in [0.25, 0.3) is 0 Å². The second-order valence-corrected chi connectivity index (χ2v) is 9.32. The van der Waals surface area contributed by atoms with Gasteiger partial charge in [-0.15, -0.1) is 0 Å². The van der Waals surface area contributed by atoms with E-state index in [0.29, 0.717) is 11.0 Å². The molecule has 1 unspecified atom stereocenters. The molecule has 0 aliphatic carbocycles. The standard InChI is InChI=1S/C27H19F14NO3/c28-22(29)25(35,36)45-20-9-3-8-19(12-20)44-18-7-2-6-17(11-18)42(14-21(43)24(32,33)34)13-15-4-1-5-16(10-15)23(30,31)26(37,38)27(39,40)41/h1-12,21-22,43H,13-14H2. The van der Waals surface area contributed by atoms with E-state index in [4.69, 9.17) is 4.74 Å². The average Bonchev–Trinajstić information content (AvgIpc) is 2.91. The van der Waals surface area contributed by atoms with Gasteiger partial charge in [0.15, 0.2) is 6.10 Å². The monoisotopic (exact) mass is 671 g/mol. The third-order valence-electron chi connectivity index (χ3n) is 5.92. The predicted molar refractivity (Wildman–Crippen MR) is 129 cm³/mol. The van der Waals surface area contributed by atoms with Crippen LogP contribution in [0.15, 0.2) is 72.8 Å². The Balaban J connectivity index is 1.94. The summed E-state index contributed by atoms with van der Waals surface area (Å²) in [6.07, 6.45) is -24.0. The molecule has 4 nitrogen and oxygen atoms in total. The number of benzene rings is 3. The van der Waals surface area contributed by atoms with Gasteiger partial charge < -0.3 is 19.5 Å². The van der Waals surface area contributed by atoms with Crippen LogP contribution in [-0.4, -0.2) is 48.6 Å². The van der Waals surface area contributed by atoms with Gasteiger partial charge in [-0.05, 0) is 35.9 Å². The molecular weight excluding hydrogens is 652 g/mol. The Kier molecular flexibility index (Phi) is 10.1.